The van der Waals surface area contributed by atoms with E-state index in [4.69, 9.17) is 5.73 Å². The molecule has 0 bridgehead atoms. The van der Waals surface area contributed by atoms with Gasteiger partial charge in [-0.2, -0.15) is 0 Å². The van der Waals surface area contributed by atoms with Crippen LogP contribution in [0.2, 0.25) is 0 Å². The van der Waals surface area contributed by atoms with Gasteiger partial charge in [0, 0.05) is 28.5 Å². The molecular formula is C16H17N3. The molecule has 0 unspecified atom stereocenters. The van der Waals surface area contributed by atoms with Crippen LogP contribution in [0.1, 0.15) is 5.56 Å². The SMILES string of the molecule is NCCc1c[nH]c2ccc(Nc3ccccc3)cc12. The van der Waals surface area contributed by atoms with Crippen molar-refractivity contribution in [2.75, 3.05) is 11.9 Å². The summed E-state index contributed by atoms with van der Waals surface area (Å²) in [6, 6.07) is 16.5. The van der Waals surface area contributed by atoms with Crippen LogP contribution in [-0.2, 0) is 6.42 Å². The van der Waals surface area contributed by atoms with Crippen LogP contribution in [0.5, 0.6) is 0 Å². The Labute approximate surface area is 112 Å². The van der Waals surface area contributed by atoms with Crippen LogP contribution in [0.4, 0.5) is 11.4 Å². The zero-order valence-corrected chi connectivity index (χ0v) is 10.7. The van der Waals surface area contributed by atoms with Gasteiger partial charge in [0.2, 0.25) is 0 Å². The Morgan fingerprint density at radius 3 is 2.63 bits per heavy atom. The van der Waals surface area contributed by atoms with Gasteiger partial charge in [0.15, 0.2) is 0 Å². The Morgan fingerprint density at radius 1 is 1.00 bits per heavy atom. The zero-order valence-electron chi connectivity index (χ0n) is 10.7. The summed E-state index contributed by atoms with van der Waals surface area (Å²) in [6.07, 6.45) is 2.94. The van der Waals surface area contributed by atoms with Crippen molar-refractivity contribution < 1.29 is 0 Å². The lowest BCUT2D eigenvalue weighted by molar-refractivity contribution is 0.976. The minimum absolute atomic E-state index is 0.670. The number of aromatic amines is 1. The average Bonchev–Trinajstić information content (AvgIpc) is 2.83. The van der Waals surface area contributed by atoms with Crippen LogP contribution in [0.3, 0.4) is 0 Å². The largest absolute Gasteiger partial charge is 0.361 e. The highest BCUT2D eigenvalue weighted by Gasteiger charge is 2.04. The average molecular weight is 251 g/mol. The molecule has 0 fully saturated rings. The minimum Gasteiger partial charge on any atom is -0.361 e. The van der Waals surface area contributed by atoms with E-state index in [1.54, 1.807) is 0 Å². The number of anilines is 2. The molecular weight excluding hydrogens is 234 g/mol. The number of aromatic nitrogens is 1. The molecule has 0 amide bonds. The summed E-state index contributed by atoms with van der Waals surface area (Å²) in [5.74, 6) is 0. The molecule has 3 aromatic rings. The van der Waals surface area contributed by atoms with Gasteiger partial charge in [-0.3, -0.25) is 0 Å². The molecule has 3 heteroatoms. The molecule has 0 atom stereocenters. The first-order chi connectivity index (χ1) is 9.36. The third-order valence-corrected chi connectivity index (χ3v) is 3.24. The fraction of sp³-hybridized carbons (Fsp3) is 0.125. The van der Waals surface area contributed by atoms with E-state index in [2.05, 4.69) is 40.6 Å². The molecule has 0 saturated heterocycles. The van der Waals surface area contributed by atoms with Gasteiger partial charge in [-0.15, -0.1) is 0 Å². The summed E-state index contributed by atoms with van der Waals surface area (Å²) in [5, 5.41) is 4.65. The normalized spacial score (nSPS) is 10.8. The first-order valence-corrected chi connectivity index (χ1v) is 6.49. The summed E-state index contributed by atoms with van der Waals surface area (Å²) in [4.78, 5) is 3.28. The van der Waals surface area contributed by atoms with Crippen molar-refractivity contribution in [2.45, 2.75) is 6.42 Å². The van der Waals surface area contributed by atoms with Crippen LogP contribution in [-0.4, -0.2) is 11.5 Å². The number of fused-ring (bicyclic) bond motifs is 1. The lowest BCUT2D eigenvalue weighted by atomic mass is 10.1. The maximum Gasteiger partial charge on any atom is 0.0458 e. The molecule has 0 aliphatic carbocycles. The molecule has 0 aliphatic heterocycles. The first-order valence-electron chi connectivity index (χ1n) is 6.49. The van der Waals surface area contributed by atoms with E-state index in [1.807, 2.05) is 24.4 Å². The summed E-state index contributed by atoms with van der Waals surface area (Å²) in [6.45, 7) is 0.670. The highest BCUT2D eigenvalue weighted by atomic mass is 14.9. The lowest BCUT2D eigenvalue weighted by Gasteiger charge is -2.06. The molecule has 1 aromatic heterocycles. The van der Waals surface area contributed by atoms with Crippen molar-refractivity contribution in [1.29, 1.82) is 0 Å². The second-order valence-corrected chi connectivity index (χ2v) is 4.60. The molecule has 0 aliphatic rings. The first kappa shape index (κ1) is 11.8. The quantitative estimate of drug-likeness (QED) is 0.665. The number of para-hydroxylation sites is 1. The van der Waals surface area contributed by atoms with E-state index in [1.165, 1.54) is 10.9 Å². The Morgan fingerprint density at radius 2 is 1.84 bits per heavy atom. The van der Waals surface area contributed by atoms with Crippen molar-refractivity contribution >= 4 is 22.3 Å². The van der Waals surface area contributed by atoms with Gasteiger partial charge in [-0.25, -0.2) is 0 Å². The van der Waals surface area contributed by atoms with Crippen molar-refractivity contribution in [2.24, 2.45) is 5.73 Å². The van der Waals surface area contributed by atoms with Gasteiger partial charge in [0.05, 0.1) is 0 Å². The number of nitrogens with two attached hydrogens (primary N) is 1. The maximum atomic E-state index is 5.64. The van der Waals surface area contributed by atoms with Gasteiger partial charge in [-0.05, 0) is 48.9 Å². The van der Waals surface area contributed by atoms with Gasteiger partial charge in [-0.1, -0.05) is 18.2 Å². The van der Waals surface area contributed by atoms with Gasteiger partial charge in [0.1, 0.15) is 0 Å². The van der Waals surface area contributed by atoms with Gasteiger partial charge >= 0.3 is 0 Å². The molecule has 96 valence electrons. The molecule has 0 radical (unpaired) electrons. The van der Waals surface area contributed by atoms with E-state index in [0.717, 1.165) is 23.3 Å². The van der Waals surface area contributed by atoms with E-state index >= 15 is 0 Å². The predicted octanol–water partition coefficient (Wildman–Crippen LogP) is 3.41. The summed E-state index contributed by atoms with van der Waals surface area (Å²) in [7, 11) is 0. The van der Waals surface area contributed by atoms with E-state index in [-0.39, 0.29) is 0 Å². The zero-order chi connectivity index (χ0) is 13.1. The van der Waals surface area contributed by atoms with Crippen LogP contribution in [0.25, 0.3) is 10.9 Å². The summed E-state index contributed by atoms with van der Waals surface area (Å²) < 4.78 is 0. The Bertz CT molecular complexity index is 671. The van der Waals surface area contributed by atoms with Crippen molar-refractivity contribution in [3.8, 4) is 0 Å². The number of hydrogen-bond donors (Lipinski definition) is 3. The number of benzene rings is 2. The molecule has 0 saturated carbocycles. The number of H-pyrrole nitrogens is 1. The lowest BCUT2D eigenvalue weighted by Crippen LogP contribution is -2.01. The summed E-state index contributed by atoms with van der Waals surface area (Å²) in [5.41, 5.74) is 10.3. The molecule has 19 heavy (non-hydrogen) atoms. The highest BCUT2D eigenvalue weighted by Crippen LogP contribution is 2.24. The topological polar surface area (TPSA) is 53.8 Å². The Kier molecular flexibility index (Phi) is 3.21. The Hall–Kier alpha value is -2.26. The third kappa shape index (κ3) is 2.46. The van der Waals surface area contributed by atoms with E-state index in [9.17, 15) is 0 Å². The molecule has 1 heterocycles. The second-order valence-electron chi connectivity index (χ2n) is 4.60. The molecule has 3 rings (SSSR count). The number of nitrogens with one attached hydrogen (secondary N) is 2. The summed E-state index contributed by atoms with van der Waals surface area (Å²) >= 11 is 0. The van der Waals surface area contributed by atoms with Crippen LogP contribution >= 0.6 is 0 Å². The highest BCUT2D eigenvalue weighted by molar-refractivity contribution is 5.87. The second kappa shape index (κ2) is 5.16. The number of rotatable bonds is 4. The van der Waals surface area contributed by atoms with Crippen LogP contribution in [0.15, 0.2) is 54.7 Å². The fourth-order valence-electron chi connectivity index (χ4n) is 2.31. The van der Waals surface area contributed by atoms with Crippen molar-refractivity contribution in [1.82, 2.24) is 4.98 Å². The molecule has 2 aromatic carbocycles. The molecule has 3 nitrogen and oxygen atoms in total. The van der Waals surface area contributed by atoms with E-state index < -0.39 is 0 Å². The predicted molar refractivity (Wildman–Crippen MR) is 80.8 cm³/mol. The van der Waals surface area contributed by atoms with Gasteiger partial charge in [0.25, 0.3) is 0 Å². The van der Waals surface area contributed by atoms with Crippen LogP contribution < -0.4 is 11.1 Å². The Balaban J connectivity index is 1.94. The van der Waals surface area contributed by atoms with Crippen molar-refractivity contribution in [3.05, 3.63) is 60.3 Å². The van der Waals surface area contributed by atoms with E-state index in [0.29, 0.717) is 6.54 Å². The van der Waals surface area contributed by atoms with Crippen molar-refractivity contribution in [3.63, 3.8) is 0 Å². The minimum atomic E-state index is 0.670. The molecule has 0 spiro atoms. The smallest absolute Gasteiger partial charge is 0.0458 e. The monoisotopic (exact) mass is 251 g/mol. The van der Waals surface area contributed by atoms with Crippen LogP contribution in [0, 0.1) is 0 Å². The number of hydrogen-bond acceptors (Lipinski definition) is 2. The fourth-order valence-corrected chi connectivity index (χ4v) is 2.31. The maximum absolute atomic E-state index is 5.64. The third-order valence-electron chi connectivity index (χ3n) is 3.24. The standard InChI is InChI=1S/C16H17N3/c17-9-8-12-11-18-16-7-6-14(10-15(12)16)19-13-4-2-1-3-5-13/h1-7,10-11,18-19H,8-9,17H2. The van der Waals surface area contributed by atoms with Gasteiger partial charge < -0.3 is 16.0 Å². The molecule has 4 N–H and O–H groups in total.